The molecular weight excluding hydrogens is 196 g/mol. The molecule has 3 unspecified atom stereocenters. The lowest BCUT2D eigenvalue weighted by atomic mass is 9.93. The van der Waals surface area contributed by atoms with E-state index in [9.17, 15) is 5.11 Å². The van der Waals surface area contributed by atoms with Crippen LogP contribution in [-0.2, 0) is 0 Å². The fraction of sp³-hybridized carbons (Fsp3) is 1.00. The smallest absolute Gasteiger partial charge is 0.0886 e. The van der Waals surface area contributed by atoms with Crippen LogP contribution in [0.3, 0.4) is 0 Å². The molecule has 0 aliphatic carbocycles. The molecule has 0 aromatic heterocycles. The number of thiol groups is 1. The molecular formula is C11H24O2S. The molecule has 0 saturated carbocycles. The molecule has 3 heteroatoms. The van der Waals surface area contributed by atoms with E-state index in [-0.39, 0.29) is 11.9 Å². The van der Waals surface area contributed by atoms with Gasteiger partial charge in [0.25, 0.3) is 0 Å². The molecule has 0 spiro atoms. The molecule has 0 aromatic carbocycles. The normalized spacial score (nSPS) is 17.8. The van der Waals surface area contributed by atoms with Crippen molar-refractivity contribution >= 4 is 12.6 Å². The SMILES string of the molecule is CCCCC(CC)CC(S)C(O)CO. The van der Waals surface area contributed by atoms with Crippen molar-refractivity contribution in [1.29, 1.82) is 0 Å². The zero-order chi connectivity index (χ0) is 11.0. The Kier molecular flexibility index (Phi) is 8.73. The lowest BCUT2D eigenvalue weighted by Crippen LogP contribution is -2.27. The number of aliphatic hydroxyl groups is 2. The largest absolute Gasteiger partial charge is 0.394 e. The van der Waals surface area contributed by atoms with Gasteiger partial charge in [0.2, 0.25) is 0 Å². The first-order valence-corrected chi connectivity index (χ1v) is 6.14. The van der Waals surface area contributed by atoms with Crippen LogP contribution < -0.4 is 0 Å². The van der Waals surface area contributed by atoms with Crippen LogP contribution in [0.4, 0.5) is 0 Å². The first-order chi connectivity index (χ1) is 6.65. The van der Waals surface area contributed by atoms with Gasteiger partial charge < -0.3 is 10.2 Å². The topological polar surface area (TPSA) is 40.5 Å². The Labute approximate surface area is 93.1 Å². The summed E-state index contributed by atoms with van der Waals surface area (Å²) < 4.78 is 0. The zero-order valence-corrected chi connectivity index (χ0v) is 10.2. The molecule has 2 N–H and O–H groups in total. The number of aliphatic hydroxyl groups excluding tert-OH is 2. The predicted molar refractivity (Wildman–Crippen MR) is 63.8 cm³/mol. The van der Waals surface area contributed by atoms with Crippen molar-refractivity contribution in [1.82, 2.24) is 0 Å². The van der Waals surface area contributed by atoms with Crippen LogP contribution in [0.2, 0.25) is 0 Å². The van der Waals surface area contributed by atoms with Gasteiger partial charge in [0.15, 0.2) is 0 Å². The summed E-state index contributed by atoms with van der Waals surface area (Å²) in [5, 5.41) is 18.1. The van der Waals surface area contributed by atoms with E-state index in [2.05, 4.69) is 26.5 Å². The van der Waals surface area contributed by atoms with Gasteiger partial charge >= 0.3 is 0 Å². The number of hydrogen-bond acceptors (Lipinski definition) is 3. The quantitative estimate of drug-likeness (QED) is 0.549. The molecule has 0 aromatic rings. The van der Waals surface area contributed by atoms with E-state index in [4.69, 9.17) is 5.11 Å². The van der Waals surface area contributed by atoms with Crippen molar-refractivity contribution in [3.8, 4) is 0 Å². The summed E-state index contributed by atoms with van der Waals surface area (Å²) in [6.07, 6.45) is 5.04. The summed E-state index contributed by atoms with van der Waals surface area (Å²) in [5.41, 5.74) is 0. The van der Waals surface area contributed by atoms with E-state index in [0.29, 0.717) is 5.92 Å². The van der Waals surface area contributed by atoms with Crippen LogP contribution in [-0.4, -0.2) is 28.2 Å². The van der Waals surface area contributed by atoms with E-state index < -0.39 is 6.10 Å². The Bertz CT molecular complexity index is 130. The van der Waals surface area contributed by atoms with Crippen LogP contribution in [0.5, 0.6) is 0 Å². The first-order valence-electron chi connectivity index (χ1n) is 5.62. The average Bonchev–Trinajstić information content (AvgIpc) is 2.22. The molecule has 2 nitrogen and oxygen atoms in total. The standard InChI is InChI=1S/C11H24O2S/c1-3-5-6-9(4-2)7-11(14)10(13)8-12/h9-14H,3-8H2,1-2H3. The Morgan fingerprint density at radius 2 is 1.93 bits per heavy atom. The Hall–Kier alpha value is 0.270. The van der Waals surface area contributed by atoms with Crippen molar-refractivity contribution in [2.75, 3.05) is 6.61 Å². The molecule has 14 heavy (non-hydrogen) atoms. The van der Waals surface area contributed by atoms with Gasteiger partial charge in [-0.15, -0.1) is 0 Å². The second kappa shape index (κ2) is 8.57. The molecule has 0 rings (SSSR count). The molecule has 0 heterocycles. The Balaban J connectivity index is 3.79. The summed E-state index contributed by atoms with van der Waals surface area (Å²) in [4.78, 5) is 0. The maximum atomic E-state index is 9.37. The molecule has 0 aliphatic rings. The maximum absolute atomic E-state index is 9.37. The van der Waals surface area contributed by atoms with E-state index in [0.717, 1.165) is 12.8 Å². The molecule has 86 valence electrons. The minimum atomic E-state index is -0.672. The monoisotopic (exact) mass is 220 g/mol. The summed E-state index contributed by atoms with van der Waals surface area (Å²) in [7, 11) is 0. The van der Waals surface area contributed by atoms with Gasteiger partial charge in [-0.05, 0) is 12.3 Å². The number of unbranched alkanes of at least 4 members (excludes halogenated alkanes) is 1. The van der Waals surface area contributed by atoms with Gasteiger partial charge in [0.1, 0.15) is 0 Å². The van der Waals surface area contributed by atoms with Crippen LogP contribution in [0.25, 0.3) is 0 Å². The van der Waals surface area contributed by atoms with E-state index in [1.54, 1.807) is 0 Å². The second-order valence-electron chi connectivity index (χ2n) is 3.97. The maximum Gasteiger partial charge on any atom is 0.0886 e. The fourth-order valence-corrected chi connectivity index (χ4v) is 1.99. The Morgan fingerprint density at radius 3 is 2.36 bits per heavy atom. The average molecular weight is 220 g/mol. The third kappa shape index (κ3) is 5.89. The summed E-state index contributed by atoms with van der Waals surface area (Å²) in [6.45, 7) is 4.18. The molecule has 3 atom stereocenters. The predicted octanol–water partition coefficient (Wildman–Crippen LogP) is 2.24. The molecule has 0 bridgehead atoms. The van der Waals surface area contributed by atoms with Gasteiger partial charge in [-0.1, -0.05) is 39.5 Å². The zero-order valence-electron chi connectivity index (χ0n) is 9.32. The van der Waals surface area contributed by atoms with Gasteiger partial charge in [-0.3, -0.25) is 0 Å². The van der Waals surface area contributed by atoms with E-state index in [1.165, 1.54) is 19.3 Å². The third-order valence-corrected chi connectivity index (χ3v) is 3.30. The van der Waals surface area contributed by atoms with Gasteiger partial charge in [-0.2, -0.15) is 12.6 Å². The minimum absolute atomic E-state index is 0.0817. The highest BCUT2D eigenvalue weighted by molar-refractivity contribution is 7.81. The molecule has 0 fully saturated rings. The minimum Gasteiger partial charge on any atom is -0.394 e. The van der Waals surface area contributed by atoms with Crippen molar-refractivity contribution in [3.05, 3.63) is 0 Å². The summed E-state index contributed by atoms with van der Waals surface area (Å²) in [5.74, 6) is 0.638. The molecule has 0 amide bonds. The molecule has 0 saturated heterocycles. The van der Waals surface area contributed by atoms with E-state index in [1.807, 2.05) is 0 Å². The third-order valence-electron chi connectivity index (χ3n) is 2.75. The summed E-state index contributed by atoms with van der Waals surface area (Å²) >= 11 is 4.31. The van der Waals surface area contributed by atoms with Crippen molar-refractivity contribution in [2.45, 2.75) is 57.3 Å². The molecule has 0 aliphatic heterocycles. The van der Waals surface area contributed by atoms with E-state index >= 15 is 0 Å². The van der Waals surface area contributed by atoms with Crippen molar-refractivity contribution in [2.24, 2.45) is 5.92 Å². The lowest BCUT2D eigenvalue weighted by Gasteiger charge is -2.21. The summed E-state index contributed by atoms with van der Waals surface area (Å²) in [6, 6.07) is 0. The van der Waals surface area contributed by atoms with Gasteiger partial charge in [0.05, 0.1) is 12.7 Å². The van der Waals surface area contributed by atoms with Gasteiger partial charge in [-0.25, -0.2) is 0 Å². The lowest BCUT2D eigenvalue weighted by molar-refractivity contribution is 0.0872. The van der Waals surface area contributed by atoms with Crippen molar-refractivity contribution in [3.63, 3.8) is 0 Å². The fourth-order valence-electron chi connectivity index (χ4n) is 1.60. The highest BCUT2D eigenvalue weighted by Crippen LogP contribution is 2.22. The van der Waals surface area contributed by atoms with Crippen LogP contribution in [0.15, 0.2) is 0 Å². The second-order valence-corrected chi connectivity index (χ2v) is 4.63. The highest BCUT2D eigenvalue weighted by atomic mass is 32.1. The van der Waals surface area contributed by atoms with Crippen LogP contribution in [0.1, 0.15) is 46.0 Å². The van der Waals surface area contributed by atoms with Crippen molar-refractivity contribution < 1.29 is 10.2 Å². The Morgan fingerprint density at radius 1 is 1.29 bits per heavy atom. The van der Waals surface area contributed by atoms with Crippen LogP contribution >= 0.6 is 12.6 Å². The first kappa shape index (κ1) is 14.3. The number of hydrogen-bond donors (Lipinski definition) is 3. The number of rotatable bonds is 8. The highest BCUT2D eigenvalue weighted by Gasteiger charge is 2.18. The van der Waals surface area contributed by atoms with Gasteiger partial charge in [0, 0.05) is 5.25 Å². The molecule has 0 radical (unpaired) electrons. The van der Waals surface area contributed by atoms with Crippen LogP contribution in [0, 0.1) is 5.92 Å².